The molecule has 1 atom stereocenters. The fourth-order valence-electron chi connectivity index (χ4n) is 3.04. The maximum atomic E-state index is 13.0. The van der Waals surface area contributed by atoms with Gasteiger partial charge in [-0.15, -0.1) is 0 Å². The number of rotatable bonds is 6. The molecule has 1 fully saturated rings. The van der Waals surface area contributed by atoms with E-state index in [1.165, 1.54) is 4.31 Å². The topological polar surface area (TPSA) is 66.7 Å². The van der Waals surface area contributed by atoms with Crippen LogP contribution in [0.3, 0.4) is 0 Å². The number of aromatic nitrogens is 1. The van der Waals surface area contributed by atoms with Crippen molar-refractivity contribution < 1.29 is 12.8 Å². The van der Waals surface area contributed by atoms with Gasteiger partial charge in [-0.25, -0.2) is 0 Å². The van der Waals surface area contributed by atoms with Gasteiger partial charge in [0, 0.05) is 26.2 Å². The summed E-state index contributed by atoms with van der Waals surface area (Å²) in [5, 5.41) is 0. The Labute approximate surface area is 143 Å². The number of hydrogen-bond acceptors (Lipinski definition) is 4. The minimum absolute atomic E-state index is 0.221. The average molecular weight is 349 g/mol. The third-order valence-electron chi connectivity index (χ3n) is 4.36. The SMILES string of the molecule is CCc1ccc([C@@H]2CCCN2S(=O)(=O)N(C)Cc2ccccn2)o1. The fraction of sp³-hybridized carbons (Fsp3) is 0.471. The minimum atomic E-state index is -3.57. The summed E-state index contributed by atoms with van der Waals surface area (Å²) in [6.45, 7) is 2.79. The summed E-state index contributed by atoms with van der Waals surface area (Å²) in [5.41, 5.74) is 0.727. The van der Waals surface area contributed by atoms with E-state index in [2.05, 4.69) is 4.98 Å². The highest BCUT2D eigenvalue weighted by Gasteiger charge is 2.39. The van der Waals surface area contributed by atoms with Crippen LogP contribution in [0.2, 0.25) is 0 Å². The van der Waals surface area contributed by atoms with E-state index >= 15 is 0 Å². The van der Waals surface area contributed by atoms with Crippen LogP contribution >= 0.6 is 0 Å². The zero-order chi connectivity index (χ0) is 17.2. The second kappa shape index (κ2) is 7.04. The minimum Gasteiger partial charge on any atom is -0.464 e. The van der Waals surface area contributed by atoms with Crippen LogP contribution in [-0.4, -0.2) is 35.6 Å². The van der Waals surface area contributed by atoms with E-state index in [9.17, 15) is 8.42 Å². The lowest BCUT2D eigenvalue weighted by atomic mass is 10.2. The molecule has 1 aliphatic heterocycles. The Kier molecular flexibility index (Phi) is 5.03. The molecule has 1 aliphatic rings. The summed E-state index contributed by atoms with van der Waals surface area (Å²) in [6, 6.07) is 9.11. The molecule has 0 saturated carbocycles. The zero-order valence-electron chi connectivity index (χ0n) is 14.1. The first kappa shape index (κ1) is 17.1. The van der Waals surface area contributed by atoms with E-state index in [0.717, 1.165) is 36.5 Å². The molecule has 0 amide bonds. The molecule has 130 valence electrons. The van der Waals surface area contributed by atoms with Crippen LogP contribution in [0.25, 0.3) is 0 Å². The molecule has 0 aromatic carbocycles. The number of furan rings is 1. The van der Waals surface area contributed by atoms with Crippen molar-refractivity contribution in [2.75, 3.05) is 13.6 Å². The van der Waals surface area contributed by atoms with Crippen molar-refractivity contribution in [2.45, 2.75) is 38.8 Å². The van der Waals surface area contributed by atoms with Gasteiger partial charge in [-0.05, 0) is 37.1 Å². The van der Waals surface area contributed by atoms with Gasteiger partial charge in [-0.2, -0.15) is 17.0 Å². The number of aryl methyl sites for hydroxylation is 1. The van der Waals surface area contributed by atoms with Crippen molar-refractivity contribution >= 4 is 10.2 Å². The lowest BCUT2D eigenvalue weighted by molar-refractivity contribution is 0.305. The molecular formula is C17H23N3O3S. The van der Waals surface area contributed by atoms with Gasteiger partial charge in [-0.3, -0.25) is 4.98 Å². The highest BCUT2D eigenvalue weighted by molar-refractivity contribution is 7.86. The Hall–Kier alpha value is -1.70. The second-order valence-electron chi connectivity index (χ2n) is 6.01. The van der Waals surface area contributed by atoms with Gasteiger partial charge in [0.15, 0.2) is 0 Å². The molecule has 7 heteroatoms. The molecule has 3 heterocycles. The number of hydrogen-bond donors (Lipinski definition) is 0. The lowest BCUT2D eigenvalue weighted by Crippen LogP contribution is -2.41. The second-order valence-corrected chi connectivity index (χ2v) is 8.00. The molecular weight excluding hydrogens is 326 g/mol. The van der Waals surface area contributed by atoms with E-state index in [0.29, 0.717) is 6.54 Å². The van der Waals surface area contributed by atoms with Crippen LogP contribution in [0.5, 0.6) is 0 Å². The lowest BCUT2D eigenvalue weighted by Gasteiger charge is -2.27. The van der Waals surface area contributed by atoms with E-state index in [4.69, 9.17) is 4.42 Å². The monoisotopic (exact) mass is 349 g/mol. The molecule has 2 aromatic heterocycles. The summed E-state index contributed by atoms with van der Waals surface area (Å²) >= 11 is 0. The molecule has 3 rings (SSSR count). The van der Waals surface area contributed by atoms with Crippen LogP contribution in [-0.2, 0) is 23.2 Å². The Balaban J connectivity index is 1.79. The highest BCUT2D eigenvalue weighted by atomic mass is 32.2. The summed E-state index contributed by atoms with van der Waals surface area (Å²) in [6.07, 6.45) is 4.10. The van der Waals surface area contributed by atoms with E-state index in [-0.39, 0.29) is 12.6 Å². The Bertz CT molecular complexity index is 773. The van der Waals surface area contributed by atoms with E-state index in [1.807, 2.05) is 37.3 Å². The van der Waals surface area contributed by atoms with Gasteiger partial charge >= 0.3 is 0 Å². The molecule has 0 N–H and O–H groups in total. The largest absolute Gasteiger partial charge is 0.464 e. The van der Waals surface area contributed by atoms with Gasteiger partial charge < -0.3 is 4.42 Å². The predicted octanol–water partition coefficient (Wildman–Crippen LogP) is 2.75. The first-order chi connectivity index (χ1) is 11.5. The van der Waals surface area contributed by atoms with Gasteiger partial charge in [0.05, 0.1) is 18.3 Å². The van der Waals surface area contributed by atoms with Crippen molar-refractivity contribution in [1.29, 1.82) is 0 Å². The maximum absolute atomic E-state index is 13.0. The van der Waals surface area contributed by atoms with Crippen LogP contribution < -0.4 is 0 Å². The van der Waals surface area contributed by atoms with Crippen LogP contribution in [0.4, 0.5) is 0 Å². The summed E-state index contributed by atoms with van der Waals surface area (Å²) in [5.74, 6) is 1.62. The quantitative estimate of drug-likeness (QED) is 0.804. The third kappa shape index (κ3) is 3.38. The van der Waals surface area contributed by atoms with Crippen molar-refractivity contribution in [1.82, 2.24) is 13.6 Å². The first-order valence-corrected chi connectivity index (χ1v) is 9.63. The molecule has 0 radical (unpaired) electrons. The molecule has 0 unspecified atom stereocenters. The number of nitrogens with zero attached hydrogens (tertiary/aromatic N) is 3. The molecule has 2 aromatic rings. The normalized spacial score (nSPS) is 19.2. The highest BCUT2D eigenvalue weighted by Crippen LogP contribution is 2.36. The molecule has 0 aliphatic carbocycles. The van der Waals surface area contributed by atoms with Crippen molar-refractivity contribution in [3.05, 3.63) is 53.7 Å². The summed E-state index contributed by atoms with van der Waals surface area (Å²) in [4.78, 5) is 4.21. The van der Waals surface area contributed by atoms with Crippen molar-refractivity contribution in [3.8, 4) is 0 Å². The molecule has 0 bridgehead atoms. The smallest absolute Gasteiger partial charge is 0.282 e. The first-order valence-electron chi connectivity index (χ1n) is 8.24. The number of pyridine rings is 1. The summed E-state index contributed by atoms with van der Waals surface area (Å²) in [7, 11) is -1.97. The Morgan fingerprint density at radius 2 is 2.17 bits per heavy atom. The average Bonchev–Trinajstić information content (AvgIpc) is 3.24. The molecule has 0 spiro atoms. The van der Waals surface area contributed by atoms with Crippen LogP contribution in [0.15, 0.2) is 40.9 Å². The van der Waals surface area contributed by atoms with Gasteiger partial charge in [0.2, 0.25) is 0 Å². The summed E-state index contributed by atoms with van der Waals surface area (Å²) < 4.78 is 34.7. The molecule has 6 nitrogen and oxygen atoms in total. The van der Waals surface area contributed by atoms with E-state index in [1.54, 1.807) is 17.5 Å². The maximum Gasteiger partial charge on any atom is 0.282 e. The van der Waals surface area contributed by atoms with E-state index < -0.39 is 10.2 Å². The zero-order valence-corrected chi connectivity index (χ0v) is 14.9. The van der Waals surface area contributed by atoms with Crippen LogP contribution in [0, 0.1) is 0 Å². The van der Waals surface area contributed by atoms with Gasteiger partial charge in [-0.1, -0.05) is 13.0 Å². The fourth-order valence-corrected chi connectivity index (χ4v) is 4.59. The Morgan fingerprint density at radius 1 is 1.33 bits per heavy atom. The van der Waals surface area contributed by atoms with Crippen molar-refractivity contribution in [3.63, 3.8) is 0 Å². The van der Waals surface area contributed by atoms with Gasteiger partial charge in [0.1, 0.15) is 11.5 Å². The predicted molar refractivity (Wildman–Crippen MR) is 91.4 cm³/mol. The Morgan fingerprint density at radius 3 is 2.83 bits per heavy atom. The molecule has 24 heavy (non-hydrogen) atoms. The molecule has 1 saturated heterocycles. The van der Waals surface area contributed by atoms with Crippen LogP contribution in [0.1, 0.15) is 43.0 Å². The van der Waals surface area contributed by atoms with Crippen molar-refractivity contribution in [2.24, 2.45) is 0 Å². The standard InChI is InChI=1S/C17H23N3O3S/c1-3-15-9-10-17(23-15)16-8-6-12-20(16)24(21,22)19(2)13-14-7-4-5-11-18-14/h4-5,7,9-11,16H,3,6,8,12-13H2,1-2H3/t16-/m0/s1. The third-order valence-corrected chi connectivity index (χ3v) is 6.31. The van der Waals surface area contributed by atoms with Gasteiger partial charge in [0.25, 0.3) is 10.2 Å².